The SMILES string of the molecule is COCCN1C[C@@H](NC(=O)Nc2cc3cccc(OC)c3nc2-c2ccccc2)[C@H](c2ccccc2)C1. The Hall–Kier alpha value is -3.94. The van der Waals surface area contributed by atoms with E-state index in [0.29, 0.717) is 23.7 Å². The van der Waals surface area contributed by atoms with Crippen molar-refractivity contribution in [3.05, 3.63) is 90.5 Å². The molecular weight excluding hydrogens is 464 g/mol. The highest BCUT2D eigenvalue weighted by atomic mass is 16.5. The lowest BCUT2D eigenvalue weighted by Gasteiger charge is -2.21. The summed E-state index contributed by atoms with van der Waals surface area (Å²) in [5.41, 5.74) is 4.23. The van der Waals surface area contributed by atoms with Crippen molar-refractivity contribution < 1.29 is 14.3 Å². The molecule has 0 saturated carbocycles. The van der Waals surface area contributed by atoms with Gasteiger partial charge in [0.15, 0.2) is 0 Å². The highest BCUT2D eigenvalue weighted by molar-refractivity contribution is 5.99. The van der Waals surface area contributed by atoms with E-state index in [9.17, 15) is 4.79 Å². The van der Waals surface area contributed by atoms with E-state index in [0.717, 1.165) is 36.1 Å². The number of nitrogens with one attached hydrogen (secondary N) is 2. The smallest absolute Gasteiger partial charge is 0.319 e. The zero-order chi connectivity index (χ0) is 25.6. The average Bonchev–Trinajstić information content (AvgIpc) is 3.34. The average molecular weight is 497 g/mol. The number of anilines is 1. The molecule has 5 rings (SSSR count). The summed E-state index contributed by atoms with van der Waals surface area (Å²) in [4.78, 5) is 20.6. The third-order valence-electron chi connectivity index (χ3n) is 6.88. The van der Waals surface area contributed by atoms with Crippen LogP contribution in [0.15, 0.2) is 84.9 Å². The second-order valence-electron chi connectivity index (χ2n) is 9.26. The molecule has 7 nitrogen and oxygen atoms in total. The number of carbonyl (C=O) groups is 1. The van der Waals surface area contributed by atoms with E-state index in [2.05, 4.69) is 27.7 Å². The number of likely N-dealkylation sites (tertiary alicyclic amines) is 1. The van der Waals surface area contributed by atoms with E-state index < -0.39 is 0 Å². The lowest BCUT2D eigenvalue weighted by molar-refractivity contribution is 0.159. The first-order chi connectivity index (χ1) is 18.2. The van der Waals surface area contributed by atoms with Crippen LogP contribution in [0.4, 0.5) is 10.5 Å². The fourth-order valence-corrected chi connectivity index (χ4v) is 5.05. The van der Waals surface area contributed by atoms with Crippen LogP contribution in [0.2, 0.25) is 0 Å². The molecule has 1 aromatic heterocycles. The monoisotopic (exact) mass is 496 g/mol. The summed E-state index contributed by atoms with van der Waals surface area (Å²) in [6.45, 7) is 3.11. The molecule has 0 aliphatic carbocycles. The molecule has 0 radical (unpaired) electrons. The third kappa shape index (κ3) is 5.58. The minimum absolute atomic E-state index is 0.0343. The van der Waals surface area contributed by atoms with Gasteiger partial charge in [0.2, 0.25) is 0 Å². The van der Waals surface area contributed by atoms with Crippen molar-refractivity contribution in [1.82, 2.24) is 15.2 Å². The predicted octanol–water partition coefficient (Wildman–Crippen LogP) is 5.15. The molecule has 7 heteroatoms. The first-order valence-electron chi connectivity index (χ1n) is 12.5. The van der Waals surface area contributed by atoms with E-state index in [1.54, 1.807) is 14.2 Å². The molecule has 1 fully saturated rings. The summed E-state index contributed by atoms with van der Waals surface area (Å²) in [6.07, 6.45) is 0. The summed E-state index contributed by atoms with van der Waals surface area (Å²) in [6, 6.07) is 27.7. The van der Waals surface area contributed by atoms with E-state index in [4.69, 9.17) is 14.5 Å². The molecule has 1 aliphatic rings. The quantitative estimate of drug-likeness (QED) is 0.353. The topological polar surface area (TPSA) is 75.7 Å². The Balaban J connectivity index is 1.42. The van der Waals surface area contributed by atoms with Crippen molar-refractivity contribution >= 4 is 22.6 Å². The third-order valence-corrected chi connectivity index (χ3v) is 6.88. The van der Waals surface area contributed by atoms with E-state index >= 15 is 0 Å². The van der Waals surface area contributed by atoms with Gasteiger partial charge in [-0.05, 0) is 17.7 Å². The maximum absolute atomic E-state index is 13.4. The van der Waals surface area contributed by atoms with E-state index in [1.165, 1.54) is 5.56 Å². The van der Waals surface area contributed by atoms with Gasteiger partial charge in [0, 0.05) is 43.6 Å². The summed E-state index contributed by atoms with van der Waals surface area (Å²) in [5, 5.41) is 7.24. The van der Waals surface area contributed by atoms with Gasteiger partial charge in [-0.15, -0.1) is 0 Å². The van der Waals surface area contributed by atoms with Crippen molar-refractivity contribution in [2.24, 2.45) is 0 Å². The molecule has 0 bridgehead atoms. The van der Waals surface area contributed by atoms with Crippen LogP contribution in [-0.4, -0.2) is 62.4 Å². The van der Waals surface area contributed by atoms with E-state index in [1.807, 2.05) is 72.8 Å². The number of aromatic nitrogens is 1. The number of urea groups is 1. The highest BCUT2D eigenvalue weighted by Crippen LogP contribution is 2.33. The number of ether oxygens (including phenoxy) is 2. The molecule has 2 N–H and O–H groups in total. The van der Waals surface area contributed by atoms with Crippen molar-refractivity contribution in [3.8, 4) is 17.0 Å². The molecule has 2 heterocycles. The number of hydrogen-bond acceptors (Lipinski definition) is 5. The number of carbonyl (C=O) groups excluding carboxylic acids is 1. The maximum atomic E-state index is 13.4. The molecule has 0 spiro atoms. The minimum Gasteiger partial charge on any atom is -0.494 e. The number of nitrogens with zero attached hydrogens (tertiary/aromatic N) is 2. The van der Waals surface area contributed by atoms with Gasteiger partial charge in [-0.3, -0.25) is 4.90 Å². The van der Waals surface area contributed by atoms with E-state index in [-0.39, 0.29) is 18.0 Å². The molecular formula is C30H32N4O3. The second-order valence-corrected chi connectivity index (χ2v) is 9.26. The van der Waals surface area contributed by atoms with Crippen LogP contribution in [0.25, 0.3) is 22.2 Å². The molecule has 2 atom stereocenters. The van der Waals surface area contributed by atoms with Crippen LogP contribution in [-0.2, 0) is 4.74 Å². The van der Waals surface area contributed by atoms with Gasteiger partial charge in [0.05, 0.1) is 31.1 Å². The van der Waals surface area contributed by atoms with Crippen LogP contribution >= 0.6 is 0 Å². The molecule has 1 saturated heterocycles. The number of para-hydroxylation sites is 1. The Bertz CT molecular complexity index is 1350. The number of rotatable bonds is 8. The van der Waals surface area contributed by atoms with Crippen molar-refractivity contribution in [3.63, 3.8) is 0 Å². The number of amides is 2. The first-order valence-corrected chi connectivity index (χ1v) is 12.5. The van der Waals surface area contributed by atoms with Gasteiger partial charge in [-0.25, -0.2) is 9.78 Å². The van der Waals surface area contributed by atoms with Crippen molar-refractivity contribution in [2.45, 2.75) is 12.0 Å². The van der Waals surface area contributed by atoms with Gasteiger partial charge >= 0.3 is 6.03 Å². The number of fused-ring (bicyclic) bond motifs is 1. The first kappa shape index (κ1) is 24.7. The van der Waals surface area contributed by atoms with Crippen LogP contribution < -0.4 is 15.4 Å². The minimum atomic E-state index is -0.249. The van der Waals surface area contributed by atoms with Crippen molar-refractivity contribution in [2.75, 3.05) is 45.8 Å². The zero-order valence-corrected chi connectivity index (χ0v) is 21.2. The lowest BCUT2D eigenvalue weighted by atomic mass is 9.94. The molecule has 3 aromatic carbocycles. The summed E-state index contributed by atoms with van der Waals surface area (Å²) >= 11 is 0. The zero-order valence-electron chi connectivity index (χ0n) is 21.2. The van der Waals surface area contributed by atoms with Gasteiger partial charge < -0.3 is 20.1 Å². The standard InChI is InChI=1S/C30H32N4O3/c1-36-17-16-34-19-24(21-10-5-3-6-11-21)26(20-34)32-30(35)31-25-18-23-14-9-15-27(37-2)29(23)33-28(25)22-12-7-4-8-13-22/h3-15,18,24,26H,16-17,19-20H2,1-2H3,(H2,31,32,35)/t24-,26+/m0/s1. The fourth-order valence-electron chi connectivity index (χ4n) is 5.05. The summed E-state index contributed by atoms with van der Waals surface area (Å²) < 4.78 is 10.8. The Morgan fingerprint density at radius 3 is 2.46 bits per heavy atom. The van der Waals surface area contributed by atoms with Crippen LogP contribution in [0, 0.1) is 0 Å². The van der Waals surface area contributed by atoms with Gasteiger partial charge in [0.25, 0.3) is 0 Å². The predicted molar refractivity (Wildman–Crippen MR) is 147 cm³/mol. The highest BCUT2D eigenvalue weighted by Gasteiger charge is 2.34. The molecule has 0 unspecified atom stereocenters. The van der Waals surface area contributed by atoms with Crippen molar-refractivity contribution in [1.29, 1.82) is 0 Å². The molecule has 1 aliphatic heterocycles. The maximum Gasteiger partial charge on any atom is 0.319 e. The fraction of sp³-hybridized carbons (Fsp3) is 0.267. The number of methoxy groups -OCH3 is 2. The Labute approximate surface area is 217 Å². The van der Waals surface area contributed by atoms with Gasteiger partial charge in [0.1, 0.15) is 11.3 Å². The summed E-state index contributed by atoms with van der Waals surface area (Å²) in [7, 11) is 3.35. The largest absolute Gasteiger partial charge is 0.494 e. The number of benzene rings is 3. The van der Waals surface area contributed by atoms with Gasteiger partial charge in [-0.1, -0.05) is 72.8 Å². The van der Waals surface area contributed by atoms with Crippen LogP contribution in [0.3, 0.4) is 0 Å². The summed E-state index contributed by atoms with van der Waals surface area (Å²) in [5.74, 6) is 0.884. The second kappa shape index (κ2) is 11.4. The van der Waals surface area contributed by atoms with Gasteiger partial charge in [-0.2, -0.15) is 0 Å². The number of pyridine rings is 1. The van der Waals surface area contributed by atoms with Crippen LogP contribution in [0.5, 0.6) is 5.75 Å². The molecule has 37 heavy (non-hydrogen) atoms. The molecule has 4 aromatic rings. The Morgan fingerprint density at radius 1 is 0.973 bits per heavy atom. The Kier molecular flexibility index (Phi) is 7.63. The number of hydrogen-bond donors (Lipinski definition) is 2. The lowest BCUT2D eigenvalue weighted by Crippen LogP contribution is -2.42. The molecule has 2 amide bonds. The van der Waals surface area contributed by atoms with Crippen LogP contribution in [0.1, 0.15) is 11.5 Å². The Morgan fingerprint density at radius 2 is 1.73 bits per heavy atom. The molecule has 190 valence electrons. The normalized spacial score (nSPS) is 17.6.